The van der Waals surface area contributed by atoms with Gasteiger partial charge in [0.2, 0.25) is 0 Å². The topological polar surface area (TPSA) is 64.8 Å². The Balaban J connectivity index is 1.49. The van der Waals surface area contributed by atoms with Crippen LogP contribution in [0.3, 0.4) is 0 Å². The second-order valence-electron chi connectivity index (χ2n) is 7.13. The van der Waals surface area contributed by atoms with E-state index in [1.165, 1.54) is 6.07 Å². The fourth-order valence-corrected chi connectivity index (χ4v) is 4.12. The van der Waals surface area contributed by atoms with Crippen LogP contribution in [0.5, 0.6) is 0 Å². The van der Waals surface area contributed by atoms with Gasteiger partial charge in [0.25, 0.3) is 5.91 Å². The molecule has 0 unspecified atom stereocenters. The van der Waals surface area contributed by atoms with Gasteiger partial charge in [-0.3, -0.25) is 9.89 Å². The van der Waals surface area contributed by atoms with Gasteiger partial charge in [-0.05, 0) is 30.5 Å². The van der Waals surface area contributed by atoms with Gasteiger partial charge in [-0.2, -0.15) is 5.10 Å². The van der Waals surface area contributed by atoms with Gasteiger partial charge in [0, 0.05) is 41.0 Å². The molecule has 1 fully saturated rings. The molecule has 140 valence electrons. The number of carbonyl (C=O) groups excluding carboxylic acids is 1. The first-order chi connectivity index (χ1) is 13.7. The molecule has 0 aliphatic carbocycles. The number of nitrogens with zero attached hydrogens (tertiary/aromatic N) is 2. The minimum Gasteiger partial charge on any atom is -0.360 e. The van der Waals surface area contributed by atoms with Gasteiger partial charge in [0.05, 0.1) is 17.8 Å². The van der Waals surface area contributed by atoms with Crippen LogP contribution < -0.4 is 0 Å². The van der Waals surface area contributed by atoms with E-state index in [4.69, 9.17) is 0 Å². The number of amides is 1. The molecule has 0 spiro atoms. The van der Waals surface area contributed by atoms with E-state index in [0.717, 1.165) is 34.9 Å². The molecule has 28 heavy (non-hydrogen) atoms. The zero-order valence-electron chi connectivity index (χ0n) is 15.2. The molecule has 1 aliphatic rings. The number of rotatable bonds is 3. The van der Waals surface area contributed by atoms with Crippen LogP contribution in [0.25, 0.3) is 22.0 Å². The van der Waals surface area contributed by atoms with Crippen LogP contribution in [0.2, 0.25) is 0 Å². The third kappa shape index (κ3) is 2.69. The van der Waals surface area contributed by atoms with Crippen molar-refractivity contribution in [1.29, 1.82) is 0 Å². The van der Waals surface area contributed by atoms with Crippen LogP contribution in [0.4, 0.5) is 4.39 Å². The highest BCUT2D eigenvalue weighted by Crippen LogP contribution is 2.35. The monoisotopic (exact) mass is 374 g/mol. The average molecular weight is 374 g/mol. The quantitative estimate of drug-likeness (QED) is 0.547. The second kappa shape index (κ2) is 6.64. The fraction of sp³-hybridized carbons (Fsp3) is 0.182. The van der Waals surface area contributed by atoms with Gasteiger partial charge >= 0.3 is 0 Å². The van der Waals surface area contributed by atoms with Crippen LogP contribution in [0.15, 0.2) is 61.1 Å². The van der Waals surface area contributed by atoms with E-state index >= 15 is 0 Å². The molecule has 2 aromatic carbocycles. The van der Waals surface area contributed by atoms with E-state index in [0.29, 0.717) is 17.7 Å². The molecule has 6 heteroatoms. The molecule has 1 atom stereocenters. The van der Waals surface area contributed by atoms with E-state index in [1.807, 2.05) is 30.5 Å². The Bertz CT molecular complexity index is 1150. The molecule has 5 nitrogen and oxygen atoms in total. The second-order valence-corrected chi connectivity index (χ2v) is 7.13. The highest BCUT2D eigenvalue weighted by Gasteiger charge is 2.33. The maximum Gasteiger partial charge on any atom is 0.256 e. The molecule has 0 bridgehead atoms. The largest absolute Gasteiger partial charge is 0.360 e. The molecule has 2 aromatic heterocycles. The Morgan fingerprint density at radius 1 is 1.14 bits per heavy atom. The molecule has 5 rings (SSSR count). The van der Waals surface area contributed by atoms with Crippen molar-refractivity contribution in [2.24, 2.45) is 0 Å². The summed E-state index contributed by atoms with van der Waals surface area (Å²) >= 11 is 0. The first-order valence-electron chi connectivity index (χ1n) is 9.38. The average Bonchev–Trinajstić information content (AvgIpc) is 3.47. The Kier molecular flexibility index (Phi) is 3.97. The zero-order valence-corrected chi connectivity index (χ0v) is 15.2. The SMILES string of the molecule is O=C(c1c[nH]c2cc(-c3cn[nH]c3)ccc12)N1CCC[C@@H]1c1ccccc1F. The summed E-state index contributed by atoms with van der Waals surface area (Å²) in [6.45, 7) is 0.637. The maximum absolute atomic E-state index is 14.3. The number of hydrogen-bond acceptors (Lipinski definition) is 2. The standard InChI is InChI=1S/C22H19FN4O/c23-19-5-2-1-4-17(19)21-6-3-9-27(21)22(28)18-13-24-20-10-14(7-8-16(18)20)15-11-25-26-12-15/h1-2,4-5,7-8,10-13,21,24H,3,6,9H2,(H,25,26)/t21-/m1/s1. The van der Waals surface area contributed by atoms with Gasteiger partial charge in [0.1, 0.15) is 5.82 Å². The van der Waals surface area contributed by atoms with E-state index < -0.39 is 0 Å². The van der Waals surface area contributed by atoms with Crippen LogP contribution in [-0.4, -0.2) is 32.5 Å². The molecule has 1 aliphatic heterocycles. The van der Waals surface area contributed by atoms with Crippen LogP contribution in [0, 0.1) is 5.82 Å². The van der Waals surface area contributed by atoms with Crippen molar-refractivity contribution in [3.63, 3.8) is 0 Å². The van der Waals surface area contributed by atoms with Crippen LogP contribution in [-0.2, 0) is 0 Å². The first kappa shape index (κ1) is 16.7. The van der Waals surface area contributed by atoms with Gasteiger partial charge in [-0.15, -0.1) is 0 Å². The normalized spacial score (nSPS) is 16.8. The Morgan fingerprint density at radius 2 is 2.04 bits per heavy atom. The summed E-state index contributed by atoms with van der Waals surface area (Å²) in [5.74, 6) is -0.316. The molecule has 2 N–H and O–H groups in total. The number of carbonyl (C=O) groups is 1. The summed E-state index contributed by atoms with van der Waals surface area (Å²) in [6.07, 6.45) is 7.00. The van der Waals surface area contributed by atoms with E-state index in [-0.39, 0.29) is 17.8 Å². The summed E-state index contributed by atoms with van der Waals surface area (Å²) in [4.78, 5) is 18.3. The lowest BCUT2D eigenvalue weighted by Gasteiger charge is -2.25. The number of hydrogen-bond donors (Lipinski definition) is 2. The Morgan fingerprint density at radius 3 is 2.86 bits per heavy atom. The first-order valence-corrected chi connectivity index (χ1v) is 9.38. The van der Waals surface area contributed by atoms with Crippen molar-refractivity contribution in [2.75, 3.05) is 6.54 Å². The lowest BCUT2D eigenvalue weighted by atomic mass is 10.0. The van der Waals surface area contributed by atoms with Crippen molar-refractivity contribution in [1.82, 2.24) is 20.1 Å². The van der Waals surface area contributed by atoms with Crippen LogP contribution >= 0.6 is 0 Å². The Labute approximate surface area is 161 Å². The van der Waals surface area contributed by atoms with E-state index in [2.05, 4.69) is 15.2 Å². The highest BCUT2D eigenvalue weighted by molar-refractivity contribution is 6.07. The minimum atomic E-state index is -0.254. The van der Waals surface area contributed by atoms with Gasteiger partial charge < -0.3 is 9.88 Å². The lowest BCUT2D eigenvalue weighted by molar-refractivity contribution is 0.0735. The number of fused-ring (bicyclic) bond motifs is 1. The number of aromatic nitrogens is 3. The molecule has 0 saturated carbocycles. The minimum absolute atomic E-state index is 0.0620. The number of nitrogens with one attached hydrogen (secondary N) is 2. The molecule has 4 aromatic rings. The third-order valence-corrected chi connectivity index (χ3v) is 5.52. The Hall–Kier alpha value is -3.41. The number of halogens is 1. The van der Waals surface area contributed by atoms with E-state index in [9.17, 15) is 9.18 Å². The van der Waals surface area contributed by atoms with E-state index in [1.54, 1.807) is 29.4 Å². The summed E-state index contributed by atoms with van der Waals surface area (Å²) in [5, 5.41) is 7.66. The summed E-state index contributed by atoms with van der Waals surface area (Å²) < 4.78 is 14.3. The molecule has 3 heterocycles. The fourth-order valence-electron chi connectivity index (χ4n) is 4.12. The van der Waals surface area contributed by atoms with Crippen molar-refractivity contribution >= 4 is 16.8 Å². The van der Waals surface area contributed by atoms with Crippen LogP contribution in [0.1, 0.15) is 34.8 Å². The highest BCUT2D eigenvalue weighted by atomic mass is 19.1. The van der Waals surface area contributed by atoms with Crippen molar-refractivity contribution in [2.45, 2.75) is 18.9 Å². The molecule has 1 saturated heterocycles. The predicted octanol–water partition coefficient (Wildman–Crippen LogP) is 4.67. The van der Waals surface area contributed by atoms with Gasteiger partial charge in [0.15, 0.2) is 0 Å². The molecular formula is C22H19FN4O. The lowest BCUT2D eigenvalue weighted by Crippen LogP contribution is -2.30. The number of benzene rings is 2. The predicted molar refractivity (Wildman–Crippen MR) is 105 cm³/mol. The number of likely N-dealkylation sites (tertiary alicyclic amines) is 1. The van der Waals surface area contributed by atoms with Crippen molar-refractivity contribution < 1.29 is 9.18 Å². The zero-order chi connectivity index (χ0) is 19.1. The van der Waals surface area contributed by atoms with Crippen molar-refractivity contribution in [3.05, 3.63) is 78.0 Å². The molecule has 1 amide bonds. The third-order valence-electron chi connectivity index (χ3n) is 5.52. The summed E-state index contributed by atoms with van der Waals surface area (Å²) in [6, 6.07) is 12.5. The molecule has 0 radical (unpaired) electrons. The smallest absolute Gasteiger partial charge is 0.256 e. The number of aromatic amines is 2. The number of H-pyrrole nitrogens is 2. The molecular weight excluding hydrogens is 355 g/mol. The van der Waals surface area contributed by atoms with Gasteiger partial charge in [-0.1, -0.05) is 30.3 Å². The summed E-state index contributed by atoms with van der Waals surface area (Å²) in [5.41, 5.74) is 4.12. The van der Waals surface area contributed by atoms with Gasteiger partial charge in [-0.25, -0.2) is 4.39 Å². The summed E-state index contributed by atoms with van der Waals surface area (Å²) in [7, 11) is 0. The maximum atomic E-state index is 14.3. The van der Waals surface area contributed by atoms with Crippen molar-refractivity contribution in [3.8, 4) is 11.1 Å².